The molecule has 0 saturated heterocycles. The normalized spacial score (nSPS) is 12.1. The zero-order chi connectivity index (χ0) is 11.9. The number of fused-ring (bicyclic) bond motifs is 1. The van der Waals surface area contributed by atoms with Crippen molar-refractivity contribution in [3.63, 3.8) is 0 Å². The lowest BCUT2D eigenvalue weighted by atomic mass is 9.95. The lowest BCUT2D eigenvalue weighted by molar-refractivity contribution is 0.548. The molecule has 2 aromatic heterocycles. The van der Waals surface area contributed by atoms with Gasteiger partial charge in [-0.1, -0.05) is 20.8 Å². The minimum atomic E-state index is -0.0223. The summed E-state index contributed by atoms with van der Waals surface area (Å²) in [4.78, 5) is 13.4. The van der Waals surface area contributed by atoms with Crippen LogP contribution < -0.4 is 0 Å². The molecule has 0 aliphatic heterocycles. The van der Waals surface area contributed by atoms with Crippen LogP contribution >= 0.6 is 0 Å². The molecule has 2 rings (SSSR count). The number of nitrogens with zero attached hydrogens (tertiary/aromatic N) is 3. The summed E-state index contributed by atoms with van der Waals surface area (Å²) in [6.45, 7) is 10.4. The van der Waals surface area contributed by atoms with E-state index in [2.05, 4.69) is 48.7 Å². The van der Waals surface area contributed by atoms with Gasteiger partial charge in [0.1, 0.15) is 11.3 Å². The van der Waals surface area contributed by atoms with Gasteiger partial charge in [-0.25, -0.2) is 15.0 Å². The van der Waals surface area contributed by atoms with E-state index in [4.69, 9.17) is 0 Å². The first kappa shape index (κ1) is 11.0. The van der Waals surface area contributed by atoms with E-state index in [1.54, 1.807) is 0 Å². The Morgan fingerprint density at radius 2 is 1.75 bits per heavy atom. The van der Waals surface area contributed by atoms with Gasteiger partial charge < -0.3 is 0 Å². The van der Waals surface area contributed by atoms with Crippen molar-refractivity contribution in [2.45, 2.75) is 40.0 Å². The van der Waals surface area contributed by atoms with E-state index >= 15 is 0 Å². The molecule has 0 aliphatic rings. The third-order valence-electron chi connectivity index (χ3n) is 2.54. The molecule has 3 heteroatoms. The molecular weight excluding hydrogens is 198 g/mol. The van der Waals surface area contributed by atoms with E-state index in [0.717, 1.165) is 28.1 Å². The van der Waals surface area contributed by atoms with Crippen molar-refractivity contribution < 1.29 is 0 Å². The molecule has 0 aliphatic carbocycles. The van der Waals surface area contributed by atoms with Crippen molar-refractivity contribution in [1.29, 1.82) is 0 Å². The third kappa shape index (κ3) is 1.90. The van der Waals surface area contributed by atoms with Crippen LogP contribution in [0.3, 0.4) is 0 Å². The fraction of sp³-hybridized carbons (Fsp3) is 0.462. The molecule has 0 bridgehead atoms. The predicted octanol–water partition coefficient (Wildman–Crippen LogP) is 2.94. The number of aryl methyl sites for hydroxylation is 2. The Hall–Kier alpha value is -1.51. The Balaban J connectivity index is 2.72. The number of pyridine rings is 1. The molecule has 0 atom stereocenters. The number of rotatable bonds is 0. The lowest BCUT2D eigenvalue weighted by Crippen LogP contribution is -2.16. The number of hydrogen-bond donors (Lipinski definition) is 0. The van der Waals surface area contributed by atoms with Crippen LogP contribution in [-0.4, -0.2) is 15.0 Å². The first-order valence-electron chi connectivity index (χ1n) is 5.49. The molecule has 0 spiro atoms. The van der Waals surface area contributed by atoms with Gasteiger partial charge in [0.2, 0.25) is 0 Å². The van der Waals surface area contributed by atoms with Gasteiger partial charge in [-0.05, 0) is 25.5 Å². The molecule has 2 aromatic rings. The summed E-state index contributed by atoms with van der Waals surface area (Å²) in [5.74, 6) is 0.869. The molecule has 0 N–H and O–H groups in total. The average Bonchev–Trinajstić information content (AvgIpc) is 2.15. The molecule has 0 unspecified atom stereocenters. The highest BCUT2D eigenvalue weighted by Gasteiger charge is 2.18. The van der Waals surface area contributed by atoms with E-state index in [1.807, 2.05) is 13.1 Å². The highest BCUT2D eigenvalue weighted by Crippen LogP contribution is 2.21. The van der Waals surface area contributed by atoms with Gasteiger partial charge in [-0.3, -0.25) is 0 Å². The van der Waals surface area contributed by atoms with Crippen LogP contribution in [0.5, 0.6) is 0 Å². The smallest absolute Gasteiger partial charge is 0.134 e. The zero-order valence-corrected chi connectivity index (χ0v) is 10.5. The zero-order valence-electron chi connectivity index (χ0n) is 10.5. The first-order chi connectivity index (χ1) is 7.38. The number of aromatic nitrogens is 3. The topological polar surface area (TPSA) is 38.7 Å². The molecule has 16 heavy (non-hydrogen) atoms. The van der Waals surface area contributed by atoms with Crippen molar-refractivity contribution in [2.75, 3.05) is 0 Å². The Morgan fingerprint density at radius 1 is 1.06 bits per heavy atom. The Kier molecular flexibility index (Phi) is 2.41. The maximum atomic E-state index is 4.61. The average molecular weight is 215 g/mol. The van der Waals surface area contributed by atoms with Gasteiger partial charge in [0.15, 0.2) is 0 Å². The standard InChI is InChI=1S/C13H17N3/c1-8-6-9(2)15-10-7-14-12(13(3,4)5)16-11(8)10/h6-7H,1-5H3. The molecule has 0 saturated carbocycles. The van der Waals surface area contributed by atoms with Gasteiger partial charge in [0.25, 0.3) is 0 Å². The first-order valence-corrected chi connectivity index (χ1v) is 5.49. The quantitative estimate of drug-likeness (QED) is 0.678. The SMILES string of the molecule is Cc1cc(C)c2nc(C(C)(C)C)ncc2n1. The summed E-state index contributed by atoms with van der Waals surface area (Å²) < 4.78 is 0. The molecule has 0 aromatic carbocycles. The minimum absolute atomic E-state index is 0.0223. The van der Waals surface area contributed by atoms with Crippen molar-refractivity contribution in [3.8, 4) is 0 Å². The second kappa shape index (κ2) is 3.51. The van der Waals surface area contributed by atoms with Gasteiger partial charge in [-0.15, -0.1) is 0 Å². The highest BCUT2D eigenvalue weighted by molar-refractivity contribution is 5.76. The van der Waals surface area contributed by atoms with Crippen molar-refractivity contribution >= 4 is 11.0 Å². The Bertz CT molecular complexity index is 539. The van der Waals surface area contributed by atoms with Crippen molar-refractivity contribution in [2.24, 2.45) is 0 Å². The maximum Gasteiger partial charge on any atom is 0.134 e. The Labute approximate surface area is 96.0 Å². The highest BCUT2D eigenvalue weighted by atomic mass is 14.9. The molecular formula is C13H17N3. The molecule has 84 valence electrons. The van der Waals surface area contributed by atoms with Crippen LogP contribution in [0.2, 0.25) is 0 Å². The summed E-state index contributed by atoms with van der Waals surface area (Å²) in [7, 11) is 0. The van der Waals surface area contributed by atoms with Gasteiger partial charge in [0, 0.05) is 11.1 Å². The molecule has 2 heterocycles. The molecule has 0 radical (unpaired) electrons. The largest absolute Gasteiger partial charge is 0.250 e. The van der Waals surface area contributed by atoms with E-state index in [1.165, 1.54) is 0 Å². The van der Waals surface area contributed by atoms with Gasteiger partial charge >= 0.3 is 0 Å². The summed E-state index contributed by atoms with van der Waals surface area (Å²) >= 11 is 0. The summed E-state index contributed by atoms with van der Waals surface area (Å²) in [6, 6.07) is 2.06. The van der Waals surface area contributed by atoms with Crippen molar-refractivity contribution in [3.05, 3.63) is 29.3 Å². The third-order valence-corrected chi connectivity index (χ3v) is 2.54. The minimum Gasteiger partial charge on any atom is -0.250 e. The summed E-state index contributed by atoms with van der Waals surface area (Å²) in [5, 5.41) is 0. The summed E-state index contributed by atoms with van der Waals surface area (Å²) in [5.41, 5.74) is 3.99. The predicted molar refractivity (Wildman–Crippen MR) is 65.5 cm³/mol. The van der Waals surface area contributed by atoms with Crippen LogP contribution in [0.4, 0.5) is 0 Å². The number of hydrogen-bond acceptors (Lipinski definition) is 3. The van der Waals surface area contributed by atoms with Crippen LogP contribution in [0.1, 0.15) is 37.9 Å². The Morgan fingerprint density at radius 3 is 2.38 bits per heavy atom. The van der Waals surface area contributed by atoms with Crippen molar-refractivity contribution in [1.82, 2.24) is 15.0 Å². The second-order valence-corrected chi connectivity index (χ2v) is 5.26. The molecule has 3 nitrogen and oxygen atoms in total. The maximum absolute atomic E-state index is 4.61. The van der Waals surface area contributed by atoms with Crippen LogP contribution in [0.15, 0.2) is 12.3 Å². The van der Waals surface area contributed by atoms with Crippen LogP contribution in [0, 0.1) is 13.8 Å². The second-order valence-electron chi connectivity index (χ2n) is 5.26. The fourth-order valence-electron chi connectivity index (χ4n) is 1.71. The van der Waals surface area contributed by atoms with E-state index < -0.39 is 0 Å². The molecule has 0 fully saturated rings. The van der Waals surface area contributed by atoms with Gasteiger partial charge in [-0.2, -0.15) is 0 Å². The van der Waals surface area contributed by atoms with Gasteiger partial charge in [0.05, 0.1) is 11.7 Å². The van der Waals surface area contributed by atoms with E-state index in [-0.39, 0.29) is 5.41 Å². The summed E-state index contributed by atoms with van der Waals surface area (Å²) in [6.07, 6.45) is 1.82. The molecule has 0 amide bonds. The fourth-order valence-corrected chi connectivity index (χ4v) is 1.71. The van der Waals surface area contributed by atoms with E-state index in [9.17, 15) is 0 Å². The van der Waals surface area contributed by atoms with E-state index in [0.29, 0.717) is 0 Å². The van der Waals surface area contributed by atoms with Crippen LogP contribution in [-0.2, 0) is 5.41 Å². The lowest BCUT2D eigenvalue weighted by Gasteiger charge is -2.16. The van der Waals surface area contributed by atoms with Crippen LogP contribution in [0.25, 0.3) is 11.0 Å². The monoisotopic (exact) mass is 215 g/mol.